The van der Waals surface area contributed by atoms with Gasteiger partial charge in [-0.15, -0.1) is 11.3 Å². The van der Waals surface area contributed by atoms with Crippen molar-refractivity contribution < 1.29 is 0 Å². The number of hydrogen-bond donors (Lipinski definition) is 0. The summed E-state index contributed by atoms with van der Waals surface area (Å²) in [5.41, 5.74) is 14.4. The fourth-order valence-electron chi connectivity index (χ4n) is 11.6. The number of fused-ring (bicyclic) bond motifs is 12. The van der Waals surface area contributed by atoms with Crippen LogP contribution in [0.15, 0.2) is 253 Å². The second kappa shape index (κ2) is 16.7. The van der Waals surface area contributed by atoms with E-state index in [2.05, 4.69) is 252 Å². The topological polar surface area (TPSA) is 34.6 Å². The number of rotatable bonds is 6. The molecule has 0 saturated heterocycles. The smallest absolute Gasteiger partial charge is 0.160 e. The Balaban J connectivity index is 1.00. The third-order valence-electron chi connectivity index (χ3n) is 15.0. The lowest BCUT2D eigenvalue weighted by atomic mass is 9.98. The van der Waals surface area contributed by atoms with E-state index in [1.54, 1.807) is 0 Å². The molecule has 14 aromatic rings. The quantitative estimate of drug-likeness (QED) is 0.159. The first-order valence-corrected chi connectivity index (χ1v) is 25.9. The van der Waals surface area contributed by atoms with E-state index in [4.69, 9.17) is 9.98 Å². The van der Waals surface area contributed by atoms with Gasteiger partial charge in [0.15, 0.2) is 5.84 Å². The standard InChI is InChI=1S/C68H44N4S/c1-3-16-43(17-4-1)44-30-32-46(33-31-44)59-26-15-27-60(70-68(69-59)49-35-39-63-57(41-49)52-24-11-13-28-61(52)71(63)50-21-5-2-6-22-50)56-38-37-55-54-36-34-45-18-9-10-23-51(45)66(54)73-67(55)65(56)72-62-29-14-12-25-53(62)58-40-47-19-7-8-20-48(47)42-64(58)72/h1-14,16-26,28-42H,15,27H2/b59-26-,69-68-,70-60+. The van der Waals surface area contributed by atoms with Crippen molar-refractivity contribution in [3.05, 3.63) is 259 Å². The number of para-hydroxylation sites is 3. The first-order chi connectivity index (χ1) is 36.2. The zero-order valence-corrected chi connectivity index (χ0v) is 40.5. The number of thiophene rings is 1. The van der Waals surface area contributed by atoms with Gasteiger partial charge in [0.2, 0.25) is 0 Å². The Hall–Kier alpha value is -9.16. The molecule has 11 aromatic carbocycles. The van der Waals surface area contributed by atoms with Gasteiger partial charge in [-0.3, -0.25) is 0 Å². The Labute approximate surface area is 425 Å². The molecule has 342 valence electrons. The van der Waals surface area contributed by atoms with E-state index in [9.17, 15) is 0 Å². The largest absolute Gasteiger partial charge is 0.309 e. The van der Waals surface area contributed by atoms with Crippen LogP contribution in [0.1, 0.15) is 29.5 Å². The number of benzene rings is 11. The molecule has 0 bridgehead atoms. The maximum atomic E-state index is 5.87. The van der Waals surface area contributed by atoms with Gasteiger partial charge in [-0.1, -0.05) is 188 Å². The first kappa shape index (κ1) is 41.6. The summed E-state index contributed by atoms with van der Waals surface area (Å²) < 4.78 is 7.46. The minimum absolute atomic E-state index is 0.688. The molecule has 0 N–H and O–H groups in total. The molecule has 0 unspecified atom stereocenters. The number of aliphatic imine (C=N–C) groups is 2. The van der Waals surface area contributed by atoms with Gasteiger partial charge in [0.25, 0.3) is 0 Å². The molecular formula is C68H44N4S. The molecule has 15 rings (SSSR count). The summed E-state index contributed by atoms with van der Waals surface area (Å²) in [5, 5.41) is 12.3. The highest BCUT2D eigenvalue weighted by Crippen LogP contribution is 2.46. The van der Waals surface area contributed by atoms with Crippen LogP contribution in [0, 0.1) is 0 Å². The molecule has 4 heterocycles. The SMILES string of the molecule is C1=C(c2ccc(-c3ccccc3)cc2)/N=C(c2ccc3c(c2)c2ccccc2n3-c2ccccc2)\N=C(\c2ccc3c(sc4c5ccccc5ccc34)c2-n2c3ccccc3c3cc4ccccc4cc32)CC\1. The highest BCUT2D eigenvalue weighted by molar-refractivity contribution is 7.27. The summed E-state index contributed by atoms with van der Waals surface area (Å²) >= 11 is 1.90. The van der Waals surface area contributed by atoms with Crippen molar-refractivity contribution in [3.63, 3.8) is 0 Å². The molecule has 0 fully saturated rings. The van der Waals surface area contributed by atoms with Crippen molar-refractivity contribution in [1.29, 1.82) is 0 Å². The van der Waals surface area contributed by atoms with Gasteiger partial charge in [-0.2, -0.15) is 0 Å². The third-order valence-corrected chi connectivity index (χ3v) is 16.3. The molecule has 3 aromatic heterocycles. The summed E-state index contributed by atoms with van der Waals surface area (Å²) in [5.74, 6) is 0.688. The average molecular weight is 949 g/mol. The maximum absolute atomic E-state index is 5.87. The van der Waals surface area contributed by atoms with E-state index in [1.165, 1.54) is 80.0 Å². The first-order valence-electron chi connectivity index (χ1n) is 25.1. The molecule has 1 aliphatic heterocycles. The van der Waals surface area contributed by atoms with E-state index in [0.29, 0.717) is 12.3 Å². The van der Waals surface area contributed by atoms with Gasteiger partial charge in [0.1, 0.15) is 0 Å². The molecule has 5 heteroatoms. The highest BCUT2D eigenvalue weighted by Gasteiger charge is 2.25. The van der Waals surface area contributed by atoms with Crippen LogP contribution in [-0.4, -0.2) is 20.7 Å². The van der Waals surface area contributed by atoms with Gasteiger partial charge >= 0.3 is 0 Å². The molecule has 0 aliphatic carbocycles. The Morgan fingerprint density at radius 1 is 0.356 bits per heavy atom. The molecule has 0 atom stereocenters. The van der Waals surface area contributed by atoms with Crippen LogP contribution in [0.4, 0.5) is 0 Å². The van der Waals surface area contributed by atoms with Crippen LogP contribution < -0.4 is 0 Å². The van der Waals surface area contributed by atoms with Crippen LogP contribution in [0.3, 0.4) is 0 Å². The van der Waals surface area contributed by atoms with Crippen LogP contribution in [0.25, 0.3) is 114 Å². The van der Waals surface area contributed by atoms with Crippen molar-refractivity contribution >= 4 is 114 Å². The molecule has 73 heavy (non-hydrogen) atoms. The number of amidine groups is 1. The predicted molar refractivity (Wildman–Crippen MR) is 312 cm³/mol. The van der Waals surface area contributed by atoms with Gasteiger partial charge < -0.3 is 9.13 Å². The maximum Gasteiger partial charge on any atom is 0.160 e. The Morgan fingerprint density at radius 3 is 1.71 bits per heavy atom. The molecular weight excluding hydrogens is 905 g/mol. The fraction of sp³-hybridized carbons (Fsp3) is 0.0294. The van der Waals surface area contributed by atoms with Gasteiger partial charge in [-0.25, -0.2) is 9.98 Å². The number of nitrogens with zero attached hydrogens (tertiary/aromatic N) is 4. The second-order valence-electron chi connectivity index (χ2n) is 19.2. The van der Waals surface area contributed by atoms with Crippen LogP contribution in [0.5, 0.6) is 0 Å². The average Bonchev–Trinajstić information content (AvgIpc) is 4.13. The van der Waals surface area contributed by atoms with Crippen molar-refractivity contribution in [2.75, 3.05) is 0 Å². The lowest BCUT2D eigenvalue weighted by molar-refractivity contribution is 1.08. The number of hydrogen-bond acceptors (Lipinski definition) is 3. The van der Waals surface area contributed by atoms with Crippen molar-refractivity contribution in [2.24, 2.45) is 9.98 Å². The number of aromatic nitrogens is 2. The summed E-state index contributed by atoms with van der Waals surface area (Å²) in [7, 11) is 0. The van der Waals surface area contributed by atoms with E-state index < -0.39 is 0 Å². The molecule has 0 radical (unpaired) electrons. The lowest BCUT2D eigenvalue weighted by Crippen LogP contribution is -2.12. The summed E-state index contributed by atoms with van der Waals surface area (Å²) in [6.45, 7) is 0. The zero-order valence-electron chi connectivity index (χ0n) is 39.7. The summed E-state index contributed by atoms with van der Waals surface area (Å²) in [6, 6.07) is 86.1. The molecule has 0 amide bonds. The van der Waals surface area contributed by atoms with Crippen LogP contribution >= 0.6 is 11.3 Å². The molecule has 4 nitrogen and oxygen atoms in total. The minimum atomic E-state index is 0.688. The molecule has 0 spiro atoms. The van der Waals surface area contributed by atoms with E-state index in [-0.39, 0.29) is 0 Å². The monoisotopic (exact) mass is 948 g/mol. The minimum Gasteiger partial charge on any atom is -0.309 e. The predicted octanol–water partition coefficient (Wildman–Crippen LogP) is 18.3. The van der Waals surface area contributed by atoms with Crippen LogP contribution in [-0.2, 0) is 0 Å². The lowest BCUT2D eigenvalue weighted by Gasteiger charge is -2.19. The third kappa shape index (κ3) is 6.73. The Bertz CT molecular complexity index is 4640. The Kier molecular flexibility index (Phi) is 9.54. The number of allylic oxidation sites excluding steroid dienone is 1. The molecule has 1 aliphatic rings. The van der Waals surface area contributed by atoms with Gasteiger partial charge in [-0.05, 0) is 106 Å². The fourth-order valence-corrected chi connectivity index (χ4v) is 12.9. The van der Waals surface area contributed by atoms with E-state index in [1.807, 2.05) is 11.3 Å². The van der Waals surface area contributed by atoms with E-state index in [0.717, 1.165) is 62.3 Å². The van der Waals surface area contributed by atoms with E-state index >= 15 is 0 Å². The van der Waals surface area contributed by atoms with Crippen LogP contribution in [0.2, 0.25) is 0 Å². The summed E-state index contributed by atoms with van der Waals surface area (Å²) in [6.07, 6.45) is 3.80. The van der Waals surface area contributed by atoms with Crippen molar-refractivity contribution in [2.45, 2.75) is 12.8 Å². The van der Waals surface area contributed by atoms with Crippen molar-refractivity contribution in [3.8, 4) is 22.5 Å². The normalized spacial score (nSPS) is 15.5. The second-order valence-corrected chi connectivity index (χ2v) is 20.2. The van der Waals surface area contributed by atoms with Gasteiger partial charge in [0, 0.05) is 53.8 Å². The zero-order chi connectivity index (χ0) is 48.0. The Morgan fingerprint density at radius 2 is 0.932 bits per heavy atom. The van der Waals surface area contributed by atoms with Crippen molar-refractivity contribution in [1.82, 2.24) is 9.13 Å². The molecule has 0 saturated carbocycles. The highest BCUT2D eigenvalue weighted by atomic mass is 32.1. The summed E-state index contributed by atoms with van der Waals surface area (Å²) in [4.78, 5) is 11.5. The van der Waals surface area contributed by atoms with Gasteiger partial charge in [0.05, 0.1) is 43.9 Å².